The van der Waals surface area contributed by atoms with Gasteiger partial charge in [-0.2, -0.15) is 0 Å². The molecule has 16 heavy (non-hydrogen) atoms. The molecule has 2 rings (SSSR count). The lowest BCUT2D eigenvalue weighted by atomic mass is 9.85. The molecular weight excluding hydrogens is 202 g/mol. The Morgan fingerprint density at radius 1 is 1.25 bits per heavy atom. The third-order valence-electron chi connectivity index (χ3n) is 4.75. The monoisotopic (exact) mass is 225 g/mol. The van der Waals surface area contributed by atoms with E-state index < -0.39 is 11.5 Å². The van der Waals surface area contributed by atoms with Crippen molar-refractivity contribution in [2.75, 3.05) is 6.54 Å². The highest BCUT2D eigenvalue weighted by molar-refractivity contribution is 5.79. The van der Waals surface area contributed by atoms with Crippen LogP contribution in [0.4, 0.5) is 0 Å². The van der Waals surface area contributed by atoms with Crippen LogP contribution in [0.15, 0.2) is 0 Å². The van der Waals surface area contributed by atoms with Gasteiger partial charge in [-0.1, -0.05) is 19.8 Å². The minimum atomic E-state index is -0.592. The van der Waals surface area contributed by atoms with E-state index in [-0.39, 0.29) is 0 Å². The molecule has 3 nitrogen and oxygen atoms in total. The van der Waals surface area contributed by atoms with Crippen LogP contribution in [0.5, 0.6) is 0 Å². The number of rotatable bonds is 2. The fraction of sp³-hybridized carbons (Fsp3) is 0.923. The van der Waals surface area contributed by atoms with Crippen LogP contribution in [0.1, 0.15) is 52.4 Å². The molecule has 2 unspecified atom stereocenters. The number of likely N-dealkylation sites (tertiary alicyclic amines) is 1. The molecule has 92 valence electrons. The lowest BCUT2D eigenvalue weighted by molar-refractivity contribution is -0.155. The van der Waals surface area contributed by atoms with Crippen LogP contribution in [0.2, 0.25) is 0 Å². The Hall–Kier alpha value is -0.570. The Morgan fingerprint density at radius 2 is 1.88 bits per heavy atom. The van der Waals surface area contributed by atoms with E-state index in [4.69, 9.17) is 0 Å². The molecule has 1 heterocycles. The summed E-state index contributed by atoms with van der Waals surface area (Å²) < 4.78 is 0. The Balaban J connectivity index is 2.22. The number of hydrogen-bond donors (Lipinski definition) is 1. The molecule has 2 aliphatic rings. The summed E-state index contributed by atoms with van der Waals surface area (Å²) in [4.78, 5) is 13.9. The van der Waals surface area contributed by atoms with E-state index in [1.165, 1.54) is 6.42 Å². The van der Waals surface area contributed by atoms with Crippen molar-refractivity contribution in [2.45, 2.75) is 64.0 Å². The fourth-order valence-electron chi connectivity index (χ4n) is 3.52. The van der Waals surface area contributed by atoms with Crippen molar-refractivity contribution in [3.05, 3.63) is 0 Å². The second-order valence-electron chi connectivity index (χ2n) is 5.60. The van der Waals surface area contributed by atoms with E-state index in [1.54, 1.807) is 0 Å². The number of piperidine rings is 1. The summed E-state index contributed by atoms with van der Waals surface area (Å²) in [6.45, 7) is 5.42. The molecule has 1 aliphatic carbocycles. The molecule has 0 bridgehead atoms. The topological polar surface area (TPSA) is 40.5 Å². The highest BCUT2D eigenvalue weighted by Crippen LogP contribution is 2.40. The Labute approximate surface area is 97.8 Å². The van der Waals surface area contributed by atoms with E-state index in [0.29, 0.717) is 12.0 Å². The van der Waals surface area contributed by atoms with Crippen LogP contribution in [0.25, 0.3) is 0 Å². The van der Waals surface area contributed by atoms with E-state index in [9.17, 15) is 9.90 Å². The average molecular weight is 225 g/mol. The van der Waals surface area contributed by atoms with Gasteiger partial charge in [-0.15, -0.1) is 0 Å². The molecule has 1 aliphatic heterocycles. The van der Waals surface area contributed by atoms with Gasteiger partial charge in [0.15, 0.2) is 0 Å². The van der Waals surface area contributed by atoms with Gasteiger partial charge < -0.3 is 5.11 Å². The molecular formula is C13H23NO2. The summed E-state index contributed by atoms with van der Waals surface area (Å²) in [5, 5.41) is 9.58. The van der Waals surface area contributed by atoms with Gasteiger partial charge in [0.25, 0.3) is 0 Å². The lowest BCUT2D eigenvalue weighted by Crippen LogP contribution is -2.59. The maximum Gasteiger partial charge on any atom is 0.324 e. The summed E-state index contributed by atoms with van der Waals surface area (Å²) >= 11 is 0. The van der Waals surface area contributed by atoms with Crippen LogP contribution >= 0.6 is 0 Å². The number of carboxylic acid groups (broad SMARTS) is 1. The van der Waals surface area contributed by atoms with Crippen molar-refractivity contribution < 1.29 is 9.90 Å². The van der Waals surface area contributed by atoms with Crippen LogP contribution in [-0.4, -0.2) is 34.1 Å². The summed E-state index contributed by atoms with van der Waals surface area (Å²) in [5.41, 5.74) is -0.534. The molecule has 0 aromatic heterocycles. The molecule has 0 aromatic rings. The van der Waals surface area contributed by atoms with Gasteiger partial charge >= 0.3 is 5.97 Å². The van der Waals surface area contributed by atoms with E-state index >= 15 is 0 Å². The lowest BCUT2D eigenvalue weighted by Gasteiger charge is -2.47. The first-order valence-corrected chi connectivity index (χ1v) is 6.58. The molecule has 1 saturated heterocycles. The third kappa shape index (κ3) is 1.75. The third-order valence-corrected chi connectivity index (χ3v) is 4.75. The van der Waals surface area contributed by atoms with Gasteiger partial charge in [-0.05, 0) is 45.1 Å². The largest absolute Gasteiger partial charge is 0.480 e. The molecule has 1 saturated carbocycles. The zero-order valence-corrected chi connectivity index (χ0v) is 10.4. The van der Waals surface area contributed by atoms with E-state index in [2.05, 4.69) is 18.7 Å². The maximum atomic E-state index is 11.6. The predicted molar refractivity (Wildman–Crippen MR) is 63.4 cm³/mol. The van der Waals surface area contributed by atoms with Crippen molar-refractivity contribution in [1.82, 2.24) is 4.90 Å². The fourth-order valence-corrected chi connectivity index (χ4v) is 3.52. The molecule has 0 radical (unpaired) electrons. The zero-order chi connectivity index (χ0) is 11.8. The number of nitrogens with zero attached hydrogens (tertiary/aromatic N) is 1. The van der Waals surface area contributed by atoms with E-state index in [0.717, 1.165) is 38.6 Å². The van der Waals surface area contributed by atoms with Crippen LogP contribution in [-0.2, 0) is 4.79 Å². The molecule has 0 spiro atoms. The summed E-state index contributed by atoms with van der Waals surface area (Å²) in [6.07, 6.45) is 6.24. The first-order chi connectivity index (χ1) is 7.58. The summed E-state index contributed by atoms with van der Waals surface area (Å²) in [7, 11) is 0. The minimum Gasteiger partial charge on any atom is -0.480 e. The number of hydrogen-bond acceptors (Lipinski definition) is 2. The second-order valence-corrected chi connectivity index (χ2v) is 5.60. The second kappa shape index (κ2) is 4.36. The normalized spacial score (nSPS) is 35.1. The van der Waals surface area contributed by atoms with Gasteiger partial charge in [-0.25, -0.2) is 0 Å². The number of aliphatic carboxylic acids is 1. The van der Waals surface area contributed by atoms with Gasteiger partial charge in [0.05, 0.1) is 0 Å². The van der Waals surface area contributed by atoms with Crippen LogP contribution < -0.4 is 0 Å². The van der Waals surface area contributed by atoms with Crippen molar-refractivity contribution in [3.63, 3.8) is 0 Å². The molecule has 0 aromatic carbocycles. The van der Waals surface area contributed by atoms with Crippen molar-refractivity contribution in [2.24, 2.45) is 5.92 Å². The van der Waals surface area contributed by atoms with Crippen molar-refractivity contribution in [3.8, 4) is 0 Å². The first kappa shape index (κ1) is 11.9. The van der Waals surface area contributed by atoms with Crippen LogP contribution in [0.3, 0.4) is 0 Å². The number of carbonyl (C=O) groups is 1. The SMILES string of the molecule is CC1CCCN(C2(C(=O)O)CCCC2)C1C. The zero-order valence-electron chi connectivity index (χ0n) is 10.4. The van der Waals surface area contributed by atoms with Gasteiger partial charge in [0.1, 0.15) is 5.54 Å². The van der Waals surface area contributed by atoms with Gasteiger partial charge in [0, 0.05) is 6.04 Å². The molecule has 0 amide bonds. The highest BCUT2D eigenvalue weighted by Gasteiger charge is 2.49. The quantitative estimate of drug-likeness (QED) is 0.785. The van der Waals surface area contributed by atoms with Gasteiger partial charge in [-0.3, -0.25) is 9.69 Å². The van der Waals surface area contributed by atoms with E-state index in [1.807, 2.05) is 0 Å². The first-order valence-electron chi connectivity index (χ1n) is 6.58. The average Bonchev–Trinajstić information content (AvgIpc) is 2.72. The standard InChI is InChI=1S/C13H23NO2/c1-10-6-5-9-14(11(10)2)13(12(15)16)7-3-4-8-13/h10-11H,3-9H2,1-2H3,(H,15,16). The molecule has 3 heteroatoms. The smallest absolute Gasteiger partial charge is 0.324 e. The summed E-state index contributed by atoms with van der Waals surface area (Å²) in [6, 6.07) is 0.419. The van der Waals surface area contributed by atoms with Crippen molar-refractivity contribution >= 4 is 5.97 Å². The Bertz CT molecular complexity index is 271. The molecule has 2 atom stereocenters. The van der Waals surface area contributed by atoms with Gasteiger partial charge in [0.2, 0.25) is 0 Å². The minimum absolute atomic E-state index is 0.419. The number of carboxylic acids is 1. The van der Waals surface area contributed by atoms with Crippen LogP contribution in [0, 0.1) is 5.92 Å². The summed E-state index contributed by atoms with van der Waals surface area (Å²) in [5.74, 6) is 0.0384. The Morgan fingerprint density at radius 3 is 2.44 bits per heavy atom. The van der Waals surface area contributed by atoms with Crippen molar-refractivity contribution in [1.29, 1.82) is 0 Å². The Kier molecular flexibility index (Phi) is 3.24. The highest BCUT2D eigenvalue weighted by atomic mass is 16.4. The maximum absolute atomic E-state index is 11.6. The molecule has 2 fully saturated rings. The molecule has 1 N–H and O–H groups in total. The predicted octanol–water partition coefficient (Wildman–Crippen LogP) is 2.50.